The van der Waals surface area contributed by atoms with Gasteiger partial charge in [0.05, 0.1) is 0 Å². The van der Waals surface area contributed by atoms with Crippen molar-refractivity contribution in [2.24, 2.45) is 0 Å². The maximum atomic E-state index is 13.1. The average molecular weight is 350 g/mol. The standard InChI is InChI=1S/C18H21BrFN/c1-3-18(15-4-7-16(19)8-5-15)21-11-10-14-6-9-17(20)12-13(14)2/h4-9,12,18,21H,3,10-11H2,1-2H3. The minimum Gasteiger partial charge on any atom is -0.310 e. The minimum atomic E-state index is -0.162. The number of hydrogen-bond donors (Lipinski definition) is 1. The van der Waals surface area contributed by atoms with Crippen LogP contribution < -0.4 is 5.32 Å². The molecule has 0 aliphatic heterocycles. The summed E-state index contributed by atoms with van der Waals surface area (Å²) in [4.78, 5) is 0. The Balaban J connectivity index is 1.93. The fourth-order valence-electron chi connectivity index (χ4n) is 2.51. The van der Waals surface area contributed by atoms with Crippen LogP contribution in [0.2, 0.25) is 0 Å². The lowest BCUT2D eigenvalue weighted by molar-refractivity contribution is 0.522. The van der Waals surface area contributed by atoms with Crippen molar-refractivity contribution in [3.63, 3.8) is 0 Å². The zero-order valence-corrected chi connectivity index (χ0v) is 14.1. The summed E-state index contributed by atoms with van der Waals surface area (Å²) in [6, 6.07) is 13.8. The van der Waals surface area contributed by atoms with E-state index < -0.39 is 0 Å². The van der Waals surface area contributed by atoms with Gasteiger partial charge in [0.25, 0.3) is 0 Å². The number of hydrogen-bond acceptors (Lipinski definition) is 1. The Morgan fingerprint density at radius 2 is 1.86 bits per heavy atom. The van der Waals surface area contributed by atoms with Crippen molar-refractivity contribution < 1.29 is 4.39 Å². The van der Waals surface area contributed by atoms with Crippen molar-refractivity contribution in [1.29, 1.82) is 0 Å². The molecule has 0 saturated heterocycles. The Hall–Kier alpha value is -1.19. The lowest BCUT2D eigenvalue weighted by atomic mass is 10.0. The van der Waals surface area contributed by atoms with E-state index in [2.05, 4.69) is 52.4 Å². The predicted octanol–water partition coefficient (Wildman–Crippen LogP) is 5.18. The summed E-state index contributed by atoms with van der Waals surface area (Å²) in [5.74, 6) is -0.162. The highest BCUT2D eigenvalue weighted by atomic mass is 79.9. The summed E-state index contributed by atoms with van der Waals surface area (Å²) in [6.07, 6.45) is 1.96. The molecule has 0 heterocycles. The Kier molecular flexibility index (Phi) is 5.95. The van der Waals surface area contributed by atoms with Crippen molar-refractivity contribution in [3.05, 3.63) is 69.4 Å². The van der Waals surface area contributed by atoms with Gasteiger partial charge >= 0.3 is 0 Å². The minimum absolute atomic E-state index is 0.162. The van der Waals surface area contributed by atoms with E-state index in [0.717, 1.165) is 29.4 Å². The summed E-state index contributed by atoms with van der Waals surface area (Å²) in [5, 5.41) is 3.59. The molecule has 3 heteroatoms. The predicted molar refractivity (Wildman–Crippen MR) is 90.0 cm³/mol. The first kappa shape index (κ1) is 16.2. The molecule has 2 aromatic rings. The SMILES string of the molecule is CCC(NCCc1ccc(F)cc1C)c1ccc(Br)cc1. The maximum absolute atomic E-state index is 13.1. The van der Waals surface area contributed by atoms with Gasteiger partial charge < -0.3 is 5.32 Å². The molecular weight excluding hydrogens is 329 g/mol. The van der Waals surface area contributed by atoms with Crippen LogP contribution in [0, 0.1) is 12.7 Å². The third kappa shape index (κ3) is 4.65. The molecule has 0 spiro atoms. The summed E-state index contributed by atoms with van der Waals surface area (Å²) in [6.45, 7) is 5.04. The molecule has 2 aromatic carbocycles. The van der Waals surface area contributed by atoms with Crippen LogP contribution in [0.5, 0.6) is 0 Å². The molecular formula is C18H21BrFN. The summed E-state index contributed by atoms with van der Waals surface area (Å²) in [5.41, 5.74) is 3.53. The van der Waals surface area contributed by atoms with Crippen molar-refractivity contribution in [2.75, 3.05) is 6.54 Å². The highest BCUT2D eigenvalue weighted by Gasteiger charge is 2.08. The zero-order chi connectivity index (χ0) is 15.2. The van der Waals surface area contributed by atoms with E-state index in [1.165, 1.54) is 17.2 Å². The van der Waals surface area contributed by atoms with Gasteiger partial charge in [-0.25, -0.2) is 4.39 Å². The number of rotatable bonds is 6. The number of nitrogens with one attached hydrogen (secondary N) is 1. The molecule has 0 aromatic heterocycles. The van der Waals surface area contributed by atoms with Gasteiger partial charge in [-0.3, -0.25) is 0 Å². The van der Waals surface area contributed by atoms with Gasteiger partial charge in [0, 0.05) is 10.5 Å². The second-order valence-corrected chi connectivity index (χ2v) is 6.20. The van der Waals surface area contributed by atoms with Crippen molar-refractivity contribution in [2.45, 2.75) is 32.7 Å². The van der Waals surface area contributed by atoms with Crippen LogP contribution in [-0.4, -0.2) is 6.54 Å². The Morgan fingerprint density at radius 3 is 2.48 bits per heavy atom. The van der Waals surface area contributed by atoms with E-state index in [1.807, 2.05) is 13.0 Å². The summed E-state index contributed by atoms with van der Waals surface area (Å²) < 4.78 is 14.2. The van der Waals surface area contributed by atoms with Gasteiger partial charge in [0.2, 0.25) is 0 Å². The Bertz CT molecular complexity index is 580. The Labute approximate surface area is 134 Å². The molecule has 1 unspecified atom stereocenters. The van der Waals surface area contributed by atoms with E-state index in [4.69, 9.17) is 0 Å². The summed E-state index contributed by atoms with van der Waals surface area (Å²) in [7, 11) is 0. The first-order valence-corrected chi connectivity index (χ1v) is 8.13. The second-order valence-electron chi connectivity index (χ2n) is 5.29. The number of halogens is 2. The molecule has 0 aliphatic carbocycles. The van der Waals surface area contributed by atoms with Gasteiger partial charge in [-0.15, -0.1) is 0 Å². The molecule has 0 amide bonds. The van der Waals surface area contributed by atoms with Crippen LogP contribution in [0.1, 0.15) is 36.1 Å². The van der Waals surface area contributed by atoms with Gasteiger partial charge in [-0.05, 0) is 67.3 Å². The van der Waals surface area contributed by atoms with Crippen molar-refractivity contribution in [3.8, 4) is 0 Å². The largest absolute Gasteiger partial charge is 0.310 e. The van der Waals surface area contributed by atoms with Crippen molar-refractivity contribution in [1.82, 2.24) is 5.32 Å². The van der Waals surface area contributed by atoms with E-state index in [9.17, 15) is 4.39 Å². The molecule has 1 nitrogen and oxygen atoms in total. The zero-order valence-electron chi connectivity index (χ0n) is 12.5. The molecule has 1 N–H and O–H groups in total. The smallest absolute Gasteiger partial charge is 0.123 e. The van der Waals surface area contributed by atoms with E-state index in [1.54, 1.807) is 6.07 Å². The maximum Gasteiger partial charge on any atom is 0.123 e. The van der Waals surface area contributed by atoms with Crippen LogP contribution >= 0.6 is 15.9 Å². The topological polar surface area (TPSA) is 12.0 Å². The van der Waals surface area contributed by atoms with Crippen LogP contribution in [-0.2, 0) is 6.42 Å². The second kappa shape index (κ2) is 7.71. The van der Waals surface area contributed by atoms with E-state index >= 15 is 0 Å². The molecule has 0 aliphatic rings. The normalized spacial score (nSPS) is 12.4. The third-order valence-electron chi connectivity index (χ3n) is 3.77. The number of aryl methyl sites for hydroxylation is 1. The molecule has 1 atom stereocenters. The molecule has 112 valence electrons. The van der Waals surface area contributed by atoms with Gasteiger partial charge in [0.15, 0.2) is 0 Å². The van der Waals surface area contributed by atoms with Crippen LogP contribution in [0.3, 0.4) is 0 Å². The van der Waals surface area contributed by atoms with E-state index in [0.29, 0.717) is 6.04 Å². The molecule has 21 heavy (non-hydrogen) atoms. The highest BCUT2D eigenvalue weighted by molar-refractivity contribution is 9.10. The highest BCUT2D eigenvalue weighted by Crippen LogP contribution is 2.19. The molecule has 0 saturated carbocycles. The van der Waals surface area contributed by atoms with Crippen molar-refractivity contribution >= 4 is 15.9 Å². The van der Waals surface area contributed by atoms with Gasteiger partial charge in [-0.2, -0.15) is 0 Å². The quantitative estimate of drug-likeness (QED) is 0.757. The van der Waals surface area contributed by atoms with Gasteiger partial charge in [0.1, 0.15) is 5.82 Å². The van der Waals surface area contributed by atoms with Gasteiger partial charge in [-0.1, -0.05) is 41.1 Å². The fraction of sp³-hybridized carbons (Fsp3) is 0.333. The average Bonchev–Trinajstić information content (AvgIpc) is 2.47. The number of benzene rings is 2. The molecule has 0 radical (unpaired) electrons. The van der Waals surface area contributed by atoms with Crippen LogP contribution in [0.15, 0.2) is 46.9 Å². The first-order chi connectivity index (χ1) is 10.1. The van der Waals surface area contributed by atoms with E-state index in [-0.39, 0.29) is 5.82 Å². The van der Waals surface area contributed by atoms with Crippen LogP contribution in [0.4, 0.5) is 4.39 Å². The fourth-order valence-corrected chi connectivity index (χ4v) is 2.78. The lowest BCUT2D eigenvalue weighted by Crippen LogP contribution is -2.23. The first-order valence-electron chi connectivity index (χ1n) is 7.34. The monoisotopic (exact) mass is 349 g/mol. The molecule has 0 bridgehead atoms. The molecule has 0 fully saturated rings. The lowest BCUT2D eigenvalue weighted by Gasteiger charge is -2.18. The third-order valence-corrected chi connectivity index (χ3v) is 4.30. The Morgan fingerprint density at radius 1 is 1.14 bits per heavy atom. The van der Waals surface area contributed by atoms with Crippen LogP contribution in [0.25, 0.3) is 0 Å². The molecule has 2 rings (SSSR count). The summed E-state index contributed by atoms with van der Waals surface area (Å²) >= 11 is 3.46.